The van der Waals surface area contributed by atoms with Crippen LogP contribution in [0.15, 0.2) is 24.3 Å². The first kappa shape index (κ1) is 14.4. The highest BCUT2D eigenvalue weighted by Crippen LogP contribution is 2.35. The minimum atomic E-state index is 0.200. The third-order valence-electron chi connectivity index (χ3n) is 3.80. The monoisotopic (exact) mass is 263 g/mol. The van der Waals surface area contributed by atoms with Gasteiger partial charge in [0, 0.05) is 12.2 Å². The van der Waals surface area contributed by atoms with Crippen LogP contribution in [0.2, 0.25) is 0 Å². The van der Waals surface area contributed by atoms with Gasteiger partial charge in [-0.3, -0.25) is 0 Å². The van der Waals surface area contributed by atoms with Crippen LogP contribution in [0, 0.1) is 5.92 Å². The summed E-state index contributed by atoms with van der Waals surface area (Å²) in [6, 6.07) is 8.49. The maximum Gasteiger partial charge on any atom is 0.124 e. The number of hydrogen-bond donors (Lipinski definition) is 1. The second-order valence-corrected chi connectivity index (χ2v) is 5.25. The second-order valence-electron chi connectivity index (χ2n) is 5.25. The first-order chi connectivity index (χ1) is 9.27. The van der Waals surface area contributed by atoms with Crippen LogP contribution in [-0.4, -0.2) is 26.4 Å². The molecule has 106 valence electrons. The molecule has 0 bridgehead atoms. The molecule has 1 aliphatic heterocycles. The number of hydrogen-bond acceptors (Lipinski definition) is 3. The van der Waals surface area contributed by atoms with E-state index in [1.165, 1.54) is 5.56 Å². The van der Waals surface area contributed by atoms with Crippen LogP contribution in [0.1, 0.15) is 38.3 Å². The molecule has 0 amide bonds. The SMILES string of the molecule is CCCOc1ccccc1C(NC)C1OCCC1C. The molecule has 3 unspecified atom stereocenters. The van der Waals surface area contributed by atoms with Gasteiger partial charge in [0.05, 0.1) is 18.8 Å². The van der Waals surface area contributed by atoms with E-state index < -0.39 is 0 Å². The Labute approximate surface area is 116 Å². The van der Waals surface area contributed by atoms with E-state index in [0.717, 1.165) is 31.8 Å². The average Bonchev–Trinajstić information content (AvgIpc) is 2.85. The van der Waals surface area contributed by atoms with Gasteiger partial charge in [-0.25, -0.2) is 0 Å². The molecule has 0 spiro atoms. The van der Waals surface area contributed by atoms with Crippen molar-refractivity contribution in [1.82, 2.24) is 5.32 Å². The van der Waals surface area contributed by atoms with Gasteiger partial charge >= 0.3 is 0 Å². The zero-order valence-corrected chi connectivity index (χ0v) is 12.2. The highest BCUT2D eigenvalue weighted by molar-refractivity contribution is 5.36. The fourth-order valence-electron chi connectivity index (χ4n) is 2.72. The Kier molecular flexibility index (Phi) is 5.23. The van der Waals surface area contributed by atoms with E-state index in [2.05, 4.69) is 37.4 Å². The Bertz CT molecular complexity index is 394. The van der Waals surface area contributed by atoms with Crippen molar-refractivity contribution < 1.29 is 9.47 Å². The first-order valence-corrected chi connectivity index (χ1v) is 7.28. The fourth-order valence-corrected chi connectivity index (χ4v) is 2.72. The van der Waals surface area contributed by atoms with Crippen LogP contribution >= 0.6 is 0 Å². The lowest BCUT2D eigenvalue weighted by atomic mass is 9.92. The van der Waals surface area contributed by atoms with Gasteiger partial charge in [-0.15, -0.1) is 0 Å². The van der Waals surface area contributed by atoms with Crippen LogP contribution in [0.3, 0.4) is 0 Å². The summed E-state index contributed by atoms with van der Waals surface area (Å²) in [6.45, 7) is 6.01. The maximum atomic E-state index is 5.91. The lowest BCUT2D eigenvalue weighted by Crippen LogP contribution is -2.32. The summed E-state index contributed by atoms with van der Waals surface area (Å²) in [4.78, 5) is 0. The van der Waals surface area contributed by atoms with Gasteiger partial charge in [0.25, 0.3) is 0 Å². The molecule has 1 fully saturated rings. The molecular formula is C16H25NO2. The van der Waals surface area contributed by atoms with Crippen LogP contribution in [0.4, 0.5) is 0 Å². The molecule has 1 N–H and O–H groups in total. The Balaban J connectivity index is 2.22. The lowest BCUT2D eigenvalue weighted by Gasteiger charge is -2.27. The minimum absolute atomic E-state index is 0.200. The quantitative estimate of drug-likeness (QED) is 0.855. The normalized spacial score (nSPS) is 24.4. The number of nitrogens with one attached hydrogen (secondary N) is 1. The van der Waals surface area contributed by atoms with Crippen LogP contribution < -0.4 is 10.1 Å². The second kappa shape index (κ2) is 6.92. The predicted octanol–water partition coefficient (Wildman–Crippen LogP) is 3.16. The Morgan fingerprint density at radius 1 is 1.42 bits per heavy atom. The molecule has 1 aliphatic rings. The molecule has 0 radical (unpaired) electrons. The number of rotatable bonds is 6. The number of ether oxygens (including phenoxy) is 2. The number of para-hydroxylation sites is 1. The topological polar surface area (TPSA) is 30.5 Å². The summed E-state index contributed by atoms with van der Waals surface area (Å²) in [5.74, 6) is 1.56. The lowest BCUT2D eigenvalue weighted by molar-refractivity contribution is 0.0621. The maximum absolute atomic E-state index is 5.91. The van der Waals surface area contributed by atoms with Crippen molar-refractivity contribution in [3.63, 3.8) is 0 Å². The Hall–Kier alpha value is -1.06. The van der Waals surface area contributed by atoms with Crippen molar-refractivity contribution in [2.24, 2.45) is 5.92 Å². The van der Waals surface area contributed by atoms with Crippen molar-refractivity contribution in [3.8, 4) is 5.75 Å². The summed E-state index contributed by atoms with van der Waals surface area (Å²) in [6.07, 6.45) is 2.40. The van der Waals surface area contributed by atoms with Gasteiger partial charge in [0.2, 0.25) is 0 Å². The van der Waals surface area contributed by atoms with Gasteiger partial charge in [0.1, 0.15) is 5.75 Å². The third kappa shape index (κ3) is 3.28. The summed E-state index contributed by atoms with van der Waals surface area (Å²) in [5, 5.41) is 3.40. The summed E-state index contributed by atoms with van der Waals surface area (Å²) in [5.41, 5.74) is 1.21. The zero-order valence-electron chi connectivity index (χ0n) is 12.2. The predicted molar refractivity (Wildman–Crippen MR) is 77.5 cm³/mol. The number of likely N-dealkylation sites (N-methyl/N-ethyl adjacent to an activating group) is 1. The minimum Gasteiger partial charge on any atom is -0.493 e. The molecule has 0 aromatic heterocycles. The van der Waals surface area contributed by atoms with Gasteiger partial charge < -0.3 is 14.8 Å². The van der Waals surface area contributed by atoms with Crippen molar-refractivity contribution in [2.75, 3.05) is 20.3 Å². The van der Waals surface area contributed by atoms with E-state index in [1.54, 1.807) is 0 Å². The molecule has 1 heterocycles. The van der Waals surface area contributed by atoms with Crippen LogP contribution in [0.5, 0.6) is 5.75 Å². The summed E-state index contributed by atoms with van der Waals surface area (Å²) < 4.78 is 11.8. The molecule has 0 saturated carbocycles. The third-order valence-corrected chi connectivity index (χ3v) is 3.80. The molecule has 3 nitrogen and oxygen atoms in total. The van der Waals surface area contributed by atoms with E-state index >= 15 is 0 Å². The zero-order chi connectivity index (χ0) is 13.7. The summed E-state index contributed by atoms with van der Waals surface area (Å²) in [7, 11) is 2.00. The molecular weight excluding hydrogens is 238 g/mol. The van der Waals surface area contributed by atoms with Crippen molar-refractivity contribution >= 4 is 0 Å². The number of benzene rings is 1. The van der Waals surface area contributed by atoms with E-state index in [1.807, 2.05) is 13.1 Å². The Morgan fingerprint density at radius 2 is 2.21 bits per heavy atom. The molecule has 0 aliphatic carbocycles. The molecule has 1 aromatic carbocycles. The molecule has 3 atom stereocenters. The Morgan fingerprint density at radius 3 is 2.84 bits per heavy atom. The average molecular weight is 263 g/mol. The molecule has 1 saturated heterocycles. The molecule has 3 heteroatoms. The van der Waals surface area contributed by atoms with Crippen molar-refractivity contribution in [3.05, 3.63) is 29.8 Å². The van der Waals surface area contributed by atoms with E-state index in [0.29, 0.717) is 5.92 Å². The van der Waals surface area contributed by atoms with E-state index in [-0.39, 0.29) is 12.1 Å². The molecule has 19 heavy (non-hydrogen) atoms. The van der Waals surface area contributed by atoms with Crippen molar-refractivity contribution in [1.29, 1.82) is 0 Å². The van der Waals surface area contributed by atoms with Gasteiger partial charge in [-0.05, 0) is 31.9 Å². The fraction of sp³-hybridized carbons (Fsp3) is 0.625. The molecule has 1 aromatic rings. The summed E-state index contributed by atoms with van der Waals surface area (Å²) >= 11 is 0. The van der Waals surface area contributed by atoms with Crippen LogP contribution in [0.25, 0.3) is 0 Å². The van der Waals surface area contributed by atoms with E-state index in [4.69, 9.17) is 9.47 Å². The van der Waals surface area contributed by atoms with Gasteiger partial charge in [-0.2, -0.15) is 0 Å². The highest BCUT2D eigenvalue weighted by atomic mass is 16.5. The van der Waals surface area contributed by atoms with Crippen LogP contribution in [-0.2, 0) is 4.74 Å². The van der Waals surface area contributed by atoms with E-state index in [9.17, 15) is 0 Å². The van der Waals surface area contributed by atoms with Gasteiger partial charge in [-0.1, -0.05) is 32.0 Å². The smallest absolute Gasteiger partial charge is 0.124 e. The highest BCUT2D eigenvalue weighted by Gasteiger charge is 2.33. The molecule has 2 rings (SSSR count). The van der Waals surface area contributed by atoms with Crippen molar-refractivity contribution in [2.45, 2.75) is 38.8 Å². The largest absolute Gasteiger partial charge is 0.493 e. The van der Waals surface area contributed by atoms with Gasteiger partial charge in [0.15, 0.2) is 0 Å². The standard InChI is InChI=1S/C16H25NO2/c1-4-10-18-14-8-6-5-7-13(14)15(17-3)16-12(2)9-11-19-16/h5-8,12,15-17H,4,9-11H2,1-3H3. The first-order valence-electron chi connectivity index (χ1n) is 7.28.